The molecule has 0 fully saturated rings. The Bertz CT molecular complexity index is 426. The Morgan fingerprint density at radius 2 is 2.43 bits per heavy atom. The molecule has 0 aliphatic carbocycles. The van der Waals surface area contributed by atoms with Crippen LogP contribution in [0.15, 0.2) is 27.5 Å². The Kier molecular flexibility index (Phi) is 3.29. The maximum Gasteiger partial charge on any atom is 0.328 e. The van der Waals surface area contributed by atoms with Crippen molar-refractivity contribution in [2.45, 2.75) is 5.16 Å². The number of hydrogen-bond donors (Lipinski definition) is 3. The van der Waals surface area contributed by atoms with Crippen LogP contribution in [0.5, 0.6) is 0 Å². The van der Waals surface area contributed by atoms with Gasteiger partial charge in [-0.1, -0.05) is 11.8 Å². The van der Waals surface area contributed by atoms with Gasteiger partial charge in [-0.05, 0) is 5.41 Å². The molecule has 1 heterocycles. The molecule has 0 atom stereocenters. The van der Waals surface area contributed by atoms with Crippen molar-refractivity contribution in [3.63, 3.8) is 0 Å². The summed E-state index contributed by atoms with van der Waals surface area (Å²) in [4.78, 5) is 27.2. The van der Waals surface area contributed by atoms with Crippen LogP contribution in [0, 0.1) is 0 Å². The van der Waals surface area contributed by atoms with Crippen LogP contribution in [0.3, 0.4) is 0 Å². The summed E-state index contributed by atoms with van der Waals surface area (Å²) in [5, 5.41) is 9.83. The molecular formula is C7H7N3O3S. The van der Waals surface area contributed by atoms with E-state index in [-0.39, 0.29) is 16.5 Å². The first kappa shape index (κ1) is 10.3. The van der Waals surface area contributed by atoms with Gasteiger partial charge in [0, 0.05) is 12.1 Å². The fraction of sp³-hybridized carbons (Fsp3) is 0. The summed E-state index contributed by atoms with van der Waals surface area (Å²) >= 11 is 0.969. The number of carbonyl (C=O) groups is 1. The molecule has 0 saturated carbocycles. The number of nitrogens with zero attached hydrogens (tertiary/aromatic N) is 1. The lowest BCUT2D eigenvalue weighted by atomic mass is 10.6. The number of aromatic amines is 1. The molecule has 6 nitrogen and oxygen atoms in total. The van der Waals surface area contributed by atoms with E-state index < -0.39 is 5.97 Å². The van der Waals surface area contributed by atoms with Gasteiger partial charge in [-0.15, -0.1) is 0 Å². The molecule has 1 rings (SSSR count). The molecule has 0 unspecified atom stereocenters. The van der Waals surface area contributed by atoms with Crippen molar-refractivity contribution in [2.75, 3.05) is 5.73 Å². The quantitative estimate of drug-likeness (QED) is 0.371. The molecule has 0 aliphatic rings. The van der Waals surface area contributed by atoms with Crippen molar-refractivity contribution in [2.24, 2.45) is 0 Å². The first-order valence-corrected chi connectivity index (χ1v) is 4.39. The molecule has 0 aliphatic heterocycles. The molecule has 7 heteroatoms. The smallest absolute Gasteiger partial charge is 0.328 e. The topological polar surface area (TPSA) is 109 Å². The van der Waals surface area contributed by atoms with Crippen LogP contribution < -0.4 is 11.3 Å². The lowest BCUT2D eigenvalue weighted by Crippen LogP contribution is -2.08. The molecule has 14 heavy (non-hydrogen) atoms. The Balaban J connectivity index is 2.77. The van der Waals surface area contributed by atoms with Gasteiger partial charge in [0.25, 0.3) is 5.56 Å². The molecule has 0 radical (unpaired) electrons. The van der Waals surface area contributed by atoms with E-state index in [1.54, 1.807) is 0 Å². The van der Waals surface area contributed by atoms with E-state index in [9.17, 15) is 9.59 Å². The standard InChI is InChI=1S/C7H7N3O3S/c8-4-3-5(11)10-7(9-4)14-2-1-6(12)13/h1-3H,(H,12,13)(H3,8,9,10,11)/b2-1+. The molecule has 74 valence electrons. The van der Waals surface area contributed by atoms with Crippen LogP contribution >= 0.6 is 11.8 Å². The van der Waals surface area contributed by atoms with Crippen LogP contribution in [0.1, 0.15) is 0 Å². The Hall–Kier alpha value is -1.76. The summed E-state index contributed by atoms with van der Waals surface area (Å²) in [6.45, 7) is 0. The van der Waals surface area contributed by atoms with Gasteiger partial charge in [0.1, 0.15) is 5.82 Å². The lowest BCUT2D eigenvalue weighted by Gasteiger charge is -1.95. The second-order valence-corrected chi connectivity index (χ2v) is 3.13. The number of nitrogen functional groups attached to an aromatic ring is 1. The average molecular weight is 213 g/mol. The van der Waals surface area contributed by atoms with Gasteiger partial charge in [0.05, 0.1) is 0 Å². The Labute approximate surface area is 82.9 Å². The number of aliphatic carboxylic acids is 1. The lowest BCUT2D eigenvalue weighted by molar-refractivity contribution is -0.131. The van der Waals surface area contributed by atoms with Crippen molar-refractivity contribution >= 4 is 23.5 Å². The summed E-state index contributed by atoms with van der Waals surface area (Å²) < 4.78 is 0. The van der Waals surface area contributed by atoms with Crippen molar-refractivity contribution in [1.82, 2.24) is 9.97 Å². The van der Waals surface area contributed by atoms with Gasteiger partial charge in [-0.3, -0.25) is 4.79 Å². The van der Waals surface area contributed by atoms with Gasteiger partial charge in [0.2, 0.25) is 0 Å². The normalized spacial score (nSPS) is 10.6. The fourth-order valence-corrected chi connectivity index (χ4v) is 1.30. The van der Waals surface area contributed by atoms with E-state index >= 15 is 0 Å². The number of aromatic nitrogens is 2. The van der Waals surface area contributed by atoms with Crippen LogP contribution in [0.2, 0.25) is 0 Å². The molecule has 1 aromatic rings. The highest BCUT2D eigenvalue weighted by Gasteiger charge is 1.96. The van der Waals surface area contributed by atoms with Crippen molar-refractivity contribution in [3.8, 4) is 0 Å². The molecule has 0 bridgehead atoms. The number of nitrogens with two attached hydrogens (primary N) is 1. The third kappa shape index (κ3) is 3.31. The predicted molar refractivity (Wildman–Crippen MR) is 51.9 cm³/mol. The first-order chi connectivity index (χ1) is 6.58. The van der Waals surface area contributed by atoms with E-state index in [0.29, 0.717) is 0 Å². The van der Waals surface area contributed by atoms with Gasteiger partial charge < -0.3 is 15.8 Å². The molecule has 0 saturated heterocycles. The van der Waals surface area contributed by atoms with Crippen molar-refractivity contribution in [3.05, 3.63) is 27.9 Å². The summed E-state index contributed by atoms with van der Waals surface area (Å²) in [5.41, 5.74) is 4.93. The number of carboxylic acid groups (broad SMARTS) is 1. The second-order valence-electron chi connectivity index (χ2n) is 2.23. The molecule has 0 spiro atoms. The minimum atomic E-state index is -1.07. The zero-order valence-electron chi connectivity index (χ0n) is 6.93. The van der Waals surface area contributed by atoms with E-state index in [0.717, 1.165) is 23.9 Å². The van der Waals surface area contributed by atoms with Gasteiger partial charge in [-0.25, -0.2) is 9.78 Å². The number of nitrogens with one attached hydrogen (secondary N) is 1. The van der Waals surface area contributed by atoms with Gasteiger partial charge in [-0.2, -0.15) is 0 Å². The number of hydrogen-bond acceptors (Lipinski definition) is 5. The minimum absolute atomic E-state index is 0.0972. The highest BCUT2D eigenvalue weighted by molar-refractivity contribution is 8.02. The number of rotatable bonds is 3. The zero-order chi connectivity index (χ0) is 10.6. The number of H-pyrrole nitrogens is 1. The maximum atomic E-state index is 10.9. The maximum absolute atomic E-state index is 10.9. The summed E-state index contributed by atoms with van der Waals surface area (Å²) in [6, 6.07) is 1.14. The van der Waals surface area contributed by atoms with Gasteiger partial charge in [0.15, 0.2) is 5.16 Å². The van der Waals surface area contributed by atoms with E-state index in [1.807, 2.05) is 0 Å². The minimum Gasteiger partial charge on any atom is -0.478 e. The highest BCUT2D eigenvalue weighted by Crippen LogP contribution is 2.12. The van der Waals surface area contributed by atoms with Crippen molar-refractivity contribution in [1.29, 1.82) is 0 Å². The number of anilines is 1. The Morgan fingerprint density at radius 3 is 3.00 bits per heavy atom. The fourth-order valence-electron chi connectivity index (χ4n) is 0.666. The number of carboxylic acids is 1. The third-order valence-electron chi connectivity index (χ3n) is 1.13. The van der Waals surface area contributed by atoms with Crippen LogP contribution in [-0.2, 0) is 4.79 Å². The predicted octanol–water partition coefficient (Wildman–Crippen LogP) is 0.0425. The van der Waals surface area contributed by atoms with Crippen LogP contribution in [-0.4, -0.2) is 21.0 Å². The average Bonchev–Trinajstić information content (AvgIpc) is 2.01. The van der Waals surface area contributed by atoms with Crippen LogP contribution in [0.4, 0.5) is 5.82 Å². The number of thioether (sulfide) groups is 1. The SMILES string of the molecule is Nc1cc(=O)[nH]c(S/C=C/C(=O)O)n1. The summed E-state index contributed by atoms with van der Waals surface area (Å²) in [7, 11) is 0. The molecular weight excluding hydrogens is 206 g/mol. The summed E-state index contributed by atoms with van der Waals surface area (Å²) in [5.74, 6) is -0.969. The third-order valence-corrected chi connectivity index (χ3v) is 1.82. The molecule has 0 aromatic carbocycles. The zero-order valence-corrected chi connectivity index (χ0v) is 7.75. The van der Waals surface area contributed by atoms with Crippen LogP contribution in [0.25, 0.3) is 0 Å². The highest BCUT2D eigenvalue weighted by atomic mass is 32.2. The van der Waals surface area contributed by atoms with Gasteiger partial charge >= 0.3 is 5.97 Å². The monoisotopic (exact) mass is 213 g/mol. The largest absolute Gasteiger partial charge is 0.478 e. The van der Waals surface area contributed by atoms with Crippen molar-refractivity contribution < 1.29 is 9.90 Å². The summed E-state index contributed by atoms with van der Waals surface area (Å²) in [6.07, 6.45) is 0.938. The Morgan fingerprint density at radius 1 is 1.71 bits per heavy atom. The van der Waals surface area contributed by atoms with E-state index in [2.05, 4.69) is 9.97 Å². The second kappa shape index (κ2) is 4.47. The molecule has 0 amide bonds. The van der Waals surface area contributed by atoms with E-state index in [4.69, 9.17) is 10.8 Å². The van der Waals surface area contributed by atoms with E-state index in [1.165, 1.54) is 5.41 Å². The molecule has 4 N–H and O–H groups in total. The first-order valence-electron chi connectivity index (χ1n) is 3.51. The molecule has 1 aromatic heterocycles.